The number of alkyl halides is 3. The third kappa shape index (κ3) is 5.18. The smallest absolute Gasteiger partial charge is 0.328 e. The van der Waals surface area contributed by atoms with Crippen LogP contribution in [0.4, 0.5) is 13.2 Å². The summed E-state index contributed by atoms with van der Waals surface area (Å²) in [6.45, 7) is 5.18. The van der Waals surface area contributed by atoms with E-state index >= 15 is 0 Å². The first-order valence-electron chi connectivity index (χ1n) is 3.93. The van der Waals surface area contributed by atoms with Crippen molar-refractivity contribution in [1.29, 1.82) is 0 Å². The van der Waals surface area contributed by atoms with Gasteiger partial charge < -0.3 is 4.18 Å². The van der Waals surface area contributed by atoms with E-state index in [4.69, 9.17) is 0 Å². The lowest BCUT2D eigenvalue weighted by Gasteiger charge is -2.06. The molecule has 0 radical (unpaired) electrons. The molecule has 0 aromatic heterocycles. The van der Waals surface area contributed by atoms with Crippen LogP contribution < -0.4 is 0 Å². The van der Waals surface area contributed by atoms with Gasteiger partial charge in [0.15, 0.2) is 0 Å². The largest absolute Gasteiger partial charge is 0.534 e. The SMILES string of the molecule is C[Si](C)(C)C#CC(=O)OS(=O)(=O)C(F)(F)F. The Hall–Kier alpha value is -1.01. The van der Waals surface area contributed by atoms with Gasteiger partial charge in [0.1, 0.15) is 8.07 Å². The van der Waals surface area contributed by atoms with E-state index in [0.29, 0.717) is 0 Å². The Labute approximate surface area is 91.9 Å². The van der Waals surface area contributed by atoms with Crippen molar-refractivity contribution in [3.05, 3.63) is 0 Å². The second kappa shape index (κ2) is 4.46. The van der Waals surface area contributed by atoms with Gasteiger partial charge in [0.05, 0.1) is 0 Å². The van der Waals surface area contributed by atoms with E-state index in [-0.39, 0.29) is 0 Å². The molecule has 9 heteroatoms. The van der Waals surface area contributed by atoms with Crippen LogP contribution in [0.1, 0.15) is 0 Å². The van der Waals surface area contributed by atoms with Gasteiger partial charge in [-0.2, -0.15) is 21.6 Å². The summed E-state index contributed by atoms with van der Waals surface area (Å²) >= 11 is 0. The van der Waals surface area contributed by atoms with E-state index in [0.717, 1.165) is 0 Å². The number of hydrogen-bond acceptors (Lipinski definition) is 4. The molecule has 0 aromatic carbocycles. The molecule has 0 saturated heterocycles. The van der Waals surface area contributed by atoms with Gasteiger partial charge in [-0.15, -0.1) is 5.54 Å². The van der Waals surface area contributed by atoms with Gasteiger partial charge in [-0.1, -0.05) is 19.6 Å². The fourth-order valence-electron chi connectivity index (χ4n) is 0.406. The van der Waals surface area contributed by atoms with Gasteiger partial charge in [0.25, 0.3) is 0 Å². The summed E-state index contributed by atoms with van der Waals surface area (Å²) in [6, 6.07) is 0. The van der Waals surface area contributed by atoms with E-state index in [9.17, 15) is 26.4 Å². The van der Waals surface area contributed by atoms with E-state index in [2.05, 4.69) is 9.73 Å². The predicted octanol–water partition coefficient (Wildman–Crippen LogP) is 1.26. The summed E-state index contributed by atoms with van der Waals surface area (Å²) in [5.41, 5.74) is -3.24. The summed E-state index contributed by atoms with van der Waals surface area (Å²) in [4.78, 5) is 10.7. The lowest BCUT2D eigenvalue weighted by molar-refractivity contribution is -0.130. The van der Waals surface area contributed by atoms with Crippen LogP contribution in [-0.2, 0) is 19.1 Å². The summed E-state index contributed by atoms with van der Waals surface area (Å²) in [6.07, 6.45) is 0. The van der Waals surface area contributed by atoms with Crippen LogP contribution in [0.3, 0.4) is 0 Å². The first kappa shape index (κ1) is 15.0. The van der Waals surface area contributed by atoms with E-state index in [1.165, 1.54) is 0 Å². The number of halogens is 3. The summed E-state index contributed by atoms with van der Waals surface area (Å²) < 4.78 is 59.3. The van der Waals surface area contributed by atoms with Crippen LogP contribution in [0, 0.1) is 11.5 Å². The first-order chi connectivity index (χ1) is 6.85. The molecule has 0 amide bonds. The van der Waals surface area contributed by atoms with Crippen molar-refractivity contribution in [2.24, 2.45) is 0 Å². The molecule has 0 saturated carbocycles. The molecular weight excluding hydrogens is 265 g/mol. The standard InChI is InChI=1S/C7H9F3O4SSi/c1-16(2,3)5-4-6(11)14-15(12,13)7(8,9)10/h1-3H3. The highest BCUT2D eigenvalue weighted by Crippen LogP contribution is 2.24. The number of rotatable bonds is 1. The Morgan fingerprint density at radius 2 is 1.69 bits per heavy atom. The topological polar surface area (TPSA) is 60.4 Å². The Morgan fingerprint density at radius 1 is 1.25 bits per heavy atom. The second-order valence-corrected chi connectivity index (χ2v) is 10.1. The molecule has 16 heavy (non-hydrogen) atoms. The summed E-state index contributed by atoms with van der Waals surface area (Å²) in [7, 11) is -7.88. The zero-order valence-electron chi connectivity index (χ0n) is 8.68. The number of hydrogen-bond donors (Lipinski definition) is 0. The number of carbonyl (C=O) groups is 1. The minimum absolute atomic E-state index is 1.72. The maximum Gasteiger partial charge on any atom is 0.534 e. The summed E-state index contributed by atoms with van der Waals surface area (Å²) in [5.74, 6) is -0.000239. The van der Waals surface area contributed by atoms with Crippen molar-refractivity contribution < 1.29 is 30.6 Å². The lowest BCUT2D eigenvalue weighted by atomic mass is 10.7. The van der Waals surface area contributed by atoms with E-state index in [1.54, 1.807) is 25.6 Å². The summed E-state index contributed by atoms with van der Waals surface area (Å²) in [5, 5.41) is 0. The Bertz CT molecular complexity index is 435. The maximum absolute atomic E-state index is 11.8. The van der Waals surface area contributed by atoms with Crippen molar-refractivity contribution in [3.8, 4) is 11.5 Å². The molecule has 0 rings (SSSR count). The van der Waals surface area contributed by atoms with Gasteiger partial charge in [0, 0.05) is 5.92 Å². The highest BCUT2D eigenvalue weighted by Gasteiger charge is 2.49. The average Bonchev–Trinajstić information content (AvgIpc) is 1.96. The minimum Gasteiger partial charge on any atom is -0.328 e. The molecule has 0 aliphatic heterocycles. The Balaban J connectivity index is 4.79. The Morgan fingerprint density at radius 3 is 2.00 bits per heavy atom. The maximum atomic E-state index is 11.8. The van der Waals surface area contributed by atoms with E-state index < -0.39 is 29.7 Å². The Kier molecular flexibility index (Phi) is 4.18. The molecule has 0 atom stereocenters. The van der Waals surface area contributed by atoms with Crippen LogP contribution in [0.25, 0.3) is 0 Å². The molecule has 0 heterocycles. The van der Waals surface area contributed by atoms with Gasteiger partial charge in [-0.3, -0.25) is 0 Å². The molecule has 0 aromatic rings. The quantitative estimate of drug-likeness (QED) is 0.312. The van der Waals surface area contributed by atoms with Crippen LogP contribution in [0.2, 0.25) is 19.6 Å². The molecule has 0 aliphatic rings. The molecule has 0 fully saturated rings. The molecule has 0 spiro atoms. The molecule has 4 nitrogen and oxygen atoms in total. The van der Waals surface area contributed by atoms with Crippen molar-refractivity contribution in [2.75, 3.05) is 0 Å². The molecule has 0 N–H and O–H groups in total. The van der Waals surface area contributed by atoms with E-state index in [1.807, 2.05) is 0 Å². The zero-order chi connectivity index (χ0) is 13.2. The van der Waals surface area contributed by atoms with Crippen LogP contribution in [0.15, 0.2) is 0 Å². The van der Waals surface area contributed by atoms with Crippen molar-refractivity contribution in [3.63, 3.8) is 0 Å². The van der Waals surface area contributed by atoms with Crippen LogP contribution >= 0.6 is 0 Å². The fraction of sp³-hybridized carbons (Fsp3) is 0.571. The predicted molar refractivity (Wildman–Crippen MR) is 52.2 cm³/mol. The second-order valence-electron chi connectivity index (χ2n) is 3.77. The fourth-order valence-corrected chi connectivity index (χ4v) is 1.22. The monoisotopic (exact) mass is 274 g/mol. The van der Waals surface area contributed by atoms with Gasteiger partial charge in [0.2, 0.25) is 0 Å². The normalized spacial score (nSPS) is 12.6. The van der Waals surface area contributed by atoms with Gasteiger partial charge in [-0.25, -0.2) is 4.79 Å². The van der Waals surface area contributed by atoms with Gasteiger partial charge >= 0.3 is 21.6 Å². The first-order valence-corrected chi connectivity index (χ1v) is 8.84. The lowest BCUT2D eigenvalue weighted by Crippen LogP contribution is -2.28. The van der Waals surface area contributed by atoms with Crippen LogP contribution in [0.5, 0.6) is 0 Å². The zero-order valence-corrected chi connectivity index (χ0v) is 10.5. The third-order valence-corrected chi connectivity index (χ3v) is 2.82. The molecule has 0 aliphatic carbocycles. The highest BCUT2D eigenvalue weighted by molar-refractivity contribution is 7.88. The van der Waals surface area contributed by atoms with Crippen molar-refractivity contribution in [1.82, 2.24) is 0 Å². The average molecular weight is 274 g/mol. The molecular formula is C7H9F3O4SSi. The van der Waals surface area contributed by atoms with Gasteiger partial charge in [-0.05, 0) is 0 Å². The highest BCUT2D eigenvalue weighted by atomic mass is 32.2. The molecule has 0 bridgehead atoms. The third-order valence-electron chi connectivity index (χ3n) is 1.01. The minimum atomic E-state index is -5.90. The van der Waals surface area contributed by atoms with Crippen molar-refractivity contribution >= 4 is 24.2 Å². The molecule has 92 valence electrons. The van der Waals surface area contributed by atoms with Crippen LogP contribution in [-0.4, -0.2) is 28.0 Å². The molecule has 0 unspecified atom stereocenters. The number of carbonyl (C=O) groups excluding carboxylic acids is 1. The van der Waals surface area contributed by atoms with Crippen molar-refractivity contribution in [2.45, 2.75) is 25.1 Å².